The summed E-state index contributed by atoms with van der Waals surface area (Å²) in [4.78, 5) is 32.8. The molecule has 26 heavy (non-hydrogen) atoms. The zero-order valence-electron chi connectivity index (χ0n) is 15.1. The van der Waals surface area contributed by atoms with Gasteiger partial charge in [0.25, 0.3) is 5.91 Å². The molecule has 0 aromatic carbocycles. The van der Waals surface area contributed by atoms with Gasteiger partial charge < -0.3 is 9.88 Å². The Morgan fingerprint density at radius 3 is 2.88 bits per heavy atom. The summed E-state index contributed by atoms with van der Waals surface area (Å²) >= 11 is 1.50. The van der Waals surface area contributed by atoms with Gasteiger partial charge in [-0.2, -0.15) is 0 Å². The lowest BCUT2D eigenvalue weighted by molar-refractivity contribution is 0.0691. The number of H-pyrrole nitrogens is 1. The molecule has 0 saturated carbocycles. The number of rotatable bonds is 3. The van der Waals surface area contributed by atoms with Crippen molar-refractivity contribution in [2.24, 2.45) is 0 Å². The minimum atomic E-state index is -0.275. The molecule has 4 rings (SSSR count). The first-order valence-electron chi connectivity index (χ1n) is 8.77. The fourth-order valence-electron chi connectivity index (χ4n) is 3.33. The number of nitrogens with one attached hydrogen (secondary N) is 1. The Kier molecular flexibility index (Phi) is 4.32. The number of aromatic amines is 1. The van der Waals surface area contributed by atoms with E-state index >= 15 is 0 Å². The number of hydrogen-bond donors (Lipinski definition) is 1. The second-order valence-corrected chi connectivity index (χ2v) is 7.82. The van der Waals surface area contributed by atoms with Crippen LogP contribution in [0.25, 0.3) is 0 Å². The van der Waals surface area contributed by atoms with Gasteiger partial charge in [0, 0.05) is 30.8 Å². The molecule has 4 heterocycles. The van der Waals surface area contributed by atoms with Crippen molar-refractivity contribution in [2.75, 3.05) is 6.54 Å². The van der Waals surface area contributed by atoms with Crippen LogP contribution in [0.1, 0.15) is 63.3 Å². The Hall–Kier alpha value is -2.54. The predicted octanol–water partition coefficient (Wildman–Crippen LogP) is 3.48. The Bertz CT molecular complexity index is 931. The third-order valence-corrected chi connectivity index (χ3v) is 6.10. The highest BCUT2D eigenvalue weighted by Crippen LogP contribution is 2.35. The van der Waals surface area contributed by atoms with Crippen LogP contribution in [0.5, 0.6) is 0 Å². The van der Waals surface area contributed by atoms with Gasteiger partial charge in [-0.3, -0.25) is 9.78 Å². The summed E-state index contributed by atoms with van der Waals surface area (Å²) in [5.41, 5.74) is 3.60. The van der Waals surface area contributed by atoms with E-state index in [2.05, 4.69) is 33.8 Å². The smallest absolute Gasteiger partial charge is 0.266 e. The van der Waals surface area contributed by atoms with Crippen molar-refractivity contribution in [1.82, 2.24) is 24.8 Å². The molecule has 1 amide bonds. The first kappa shape index (κ1) is 16.9. The van der Waals surface area contributed by atoms with Crippen molar-refractivity contribution in [2.45, 2.75) is 39.2 Å². The van der Waals surface area contributed by atoms with Gasteiger partial charge in [0.2, 0.25) is 0 Å². The molecule has 6 nitrogen and oxygen atoms in total. The minimum Gasteiger partial charge on any atom is -0.348 e. The van der Waals surface area contributed by atoms with Crippen molar-refractivity contribution in [1.29, 1.82) is 0 Å². The maximum absolute atomic E-state index is 13.4. The normalized spacial score (nSPS) is 16.8. The summed E-state index contributed by atoms with van der Waals surface area (Å²) in [5.74, 6) is 0.322. The molecule has 7 heteroatoms. The monoisotopic (exact) mass is 367 g/mol. The van der Waals surface area contributed by atoms with E-state index in [0.717, 1.165) is 34.2 Å². The Labute approximate surface area is 156 Å². The number of pyridine rings is 1. The van der Waals surface area contributed by atoms with Crippen molar-refractivity contribution < 1.29 is 4.79 Å². The van der Waals surface area contributed by atoms with E-state index in [4.69, 9.17) is 0 Å². The van der Waals surface area contributed by atoms with Crippen LogP contribution in [0.4, 0.5) is 0 Å². The summed E-state index contributed by atoms with van der Waals surface area (Å²) in [6.45, 7) is 6.74. The highest BCUT2D eigenvalue weighted by atomic mass is 32.1. The molecule has 3 aromatic rings. The summed E-state index contributed by atoms with van der Waals surface area (Å²) in [6, 6.07) is 5.50. The fraction of sp³-hybridized carbons (Fsp3) is 0.368. The van der Waals surface area contributed by atoms with E-state index in [-0.39, 0.29) is 11.9 Å². The van der Waals surface area contributed by atoms with Gasteiger partial charge in [-0.15, -0.1) is 11.3 Å². The molecular weight excluding hydrogens is 346 g/mol. The molecular formula is C19H21N5OS. The molecule has 0 saturated heterocycles. The van der Waals surface area contributed by atoms with Gasteiger partial charge in [-0.05, 0) is 19.1 Å². The highest BCUT2D eigenvalue weighted by Gasteiger charge is 2.36. The van der Waals surface area contributed by atoms with Gasteiger partial charge in [0.1, 0.15) is 10.9 Å². The number of amides is 1. The number of aryl methyl sites for hydroxylation is 1. The number of aromatic nitrogens is 4. The van der Waals surface area contributed by atoms with Crippen LogP contribution in [0, 0.1) is 6.92 Å². The predicted molar refractivity (Wildman–Crippen MR) is 100 cm³/mol. The second-order valence-electron chi connectivity index (χ2n) is 6.79. The van der Waals surface area contributed by atoms with Crippen molar-refractivity contribution in [3.8, 4) is 0 Å². The number of hydrogen-bond acceptors (Lipinski definition) is 5. The van der Waals surface area contributed by atoms with Gasteiger partial charge in [-0.25, -0.2) is 9.97 Å². The molecule has 1 atom stereocenters. The summed E-state index contributed by atoms with van der Waals surface area (Å²) in [6.07, 6.45) is 4.22. The Morgan fingerprint density at radius 1 is 1.35 bits per heavy atom. The zero-order valence-corrected chi connectivity index (χ0v) is 15.9. The zero-order chi connectivity index (χ0) is 18.3. The summed E-state index contributed by atoms with van der Waals surface area (Å²) in [5, 5.41) is 0.998. The SMILES string of the molecule is Cc1nc(C(C)C)sc1C(=O)N1CCc2[nH]cnc2C1c1ccccn1. The average molecular weight is 367 g/mol. The van der Waals surface area contributed by atoms with Crippen molar-refractivity contribution in [3.05, 3.63) is 63.4 Å². The molecule has 1 N–H and O–H groups in total. The van der Waals surface area contributed by atoms with Gasteiger partial charge >= 0.3 is 0 Å². The van der Waals surface area contributed by atoms with Crippen LogP contribution in [0.2, 0.25) is 0 Å². The van der Waals surface area contributed by atoms with Crippen LogP contribution >= 0.6 is 11.3 Å². The number of carbonyl (C=O) groups is 1. The van der Waals surface area contributed by atoms with Crippen LogP contribution in [0.3, 0.4) is 0 Å². The third kappa shape index (κ3) is 2.82. The molecule has 1 unspecified atom stereocenters. The minimum absolute atomic E-state index is 0.0104. The topological polar surface area (TPSA) is 74.8 Å². The molecule has 0 fully saturated rings. The molecule has 1 aliphatic rings. The van der Waals surface area contributed by atoms with E-state index in [9.17, 15) is 4.79 Å². The largest absolute Gasteiger partial charge is 0.348 e. The van der Waals surface area contributed by atoms with Gasteiger partial charge in [0.15, 0.2) is 0 Å². The molecule has 134 valence electrons. The van der Waals surface area contributed by atoms with Gasteiger partial charge in [0.05, 0.1) is 28.4 Å². The third-order valence-electron chi connectivity index (χ3n) is 4.66. The molecule has 0 spiro atoms. The maximum Gasteiger partial charge on any atom is 0.266 e. The van der Waals surface area contributed by atoms with Crippen LogP contribution < -0.4 is 0 Å². The number of carbonyl (C=O) groups excluding carboxylic acids is 1. The van der Waals surface area contributed by atoms with Gasteiger partial charge in [-0.1, -0.05) is 19.9 Å². The summed E-state index contributed by atoms with van der Waals surface area (Å²) < 4.78 is 0. The van der Waals surface area contributed by atoms with Crippen LogP contribution in [0.15, 0.2) is 30.7 Å². The Balaban J connectivity index is 1.76. The Morgan fingerprint density at radius 2 is 2.19 bits per heavy atom. The molecule has 3 aromatic heterocycles. The van der Waals surface area contributed by atoms with E-state index in [1.165, 1.54) is 11.3 Å². The first-order valence-corrected chi connectivity index (χ1v) is 9.59. The average Bonchev–Trinajstić information content (AvgIpc) is 3.27. The fourth-order valence-corrected chi connectivity index (χ4v) is 4.35. The first-order chi connectivity index (χ1) is 12.6. The van der Waals surface area contributed by atoms with E-state index < -0.39 is 0 Å². The van der Waals surface area contributed by atoms with E-state index in [1.54, 1.807) is 12.5 Å². The van der Waals surface area contributed by atoms with E-state index in [1.807, 2.05) is 30.0 Å². The maximum atomic E-state index is 13.4. The summed E-state index contributed by atoms with van der Waals surface area (Å²) in [7, 11) is 0. The second kappa shape index (κ2) is 6.64. The number of nitrogens with zero attached hydrogens (tertiary/aromatic N) is 4. The molecule has 0 radical (unpaired) electrons. The molecule has 1 aliphatic heterocycles. The molecule has 0 bridgehead atoms. The lowest BCUT2D eigenvalue weighted by Gasteiger charge is -2.34. The lowest BCUT2D eigenvalue weighted by atomic mass is 9.99. The standard InChI is InChI=1S/C19H21N5OS/c1-11(2)18-23-12(3)17(26-18)19(25)24-9-7-13-15(22-10-21-13)16(24)14-6-4-5-8-20-14/h4-6,8,10-11,16H,7,9H2,1-3H3,(H,21,22). The van der Waals surface area contributed by atoms with E-state index in [0.29, 0.717) is 17.3 Å². The quantitative estimate of drug-likeness (QED) is 0.769. The number of fused-ring (bicyclic) bond motifs is 1. The number of thiazole rings is 1. The molecule has 0 aliphatic carbocycles. The van der Waals surface area contributed by atoms with Crippen LogP contribution in [-0.2, 0) is 6.42 Å². The van der Waals surface area contributed by atoms with Crippen molar-refractivity contribution >= 4 is 17.2 Å². The lowest BCUT2D eigenvalue weighted by Crippen LogP contribution is -2.41. The number of imidazole rings is 1. The van der Waals surface area contributed by atoms with Crippen molar-refractivity contribution in [3.63, 3.8) is 0 Å². The van der Waals surface area contributed by atoms with Crippen LogP contribution in [-0.4, -0.2) is 37.3 Å². The highest BCUT2D eigenvalue weighted by molar-refractivity contribution is 7.13.